The van der Waals surface area contributed by atoms with E-state index in [1.807, 2.05) is 0 Å². The molecule has 0 radical (unpaired) electrons. The van der Waals surface area contributed by atoms with E-state index in [0.717, 1.165) is 0 Å². The summed E-state index contributed by atoms with van der Waals surface area (Å²) in [5, 5.41) is 2.76. The highest BCUT2D eigenvalue weighted by Gasteiger charge is 2.23. The lowest BCUT2D eigenvalue weighted by atomic mass is 10.2. The van der Waals surface area contributed by atoms with Crippen molar-refractivity contribution in [2.24, 2.45) is 0 Å². The maximum atomic E-state index is 13.0. The first kappa shape index (κ1) is 20.4. The molecule has 3 rings (SSSR count). The van der Waals surface area contributed by atoms with Crippen LogP contribution in [0.5, 0.6) is 17.2 Å². The summed E-state index contributed by atoms with van der Waals surface area (Å²) in [4.78, 5) is 26.4. The van der Waals surface area contributed by atoms with Crippen LogP contribution in [-0.4, -0.2) is 49.1 Å². The fourth-order valence-corrected chi connectivity index (χ4v) is 2.87. The molecule has 0 saturated carbocycles. The Kier molecular flexibility index (Phi) is 6.54. The van der Waals surface area contributed by atoms with Crippen molar-refractivity contribution in [3.05, 3.63) is 48.3 Å². The lowest BCUT2D eigenvalue weighted by molar-refractivity contribution is -0.140. The van der Waals surface area contributed by atoms with Crippen molar-refractivity contribution in [3.8, 4) is 17.2 Å². The number of nitrogens with one attached hydrogen (secondary N) is 1. The Hall–Kier alpha value is -3.29. The van der Waals surface area contributed by atoms with E-state index in [-0.39, 0.29) is 24.2 Å². The number of hydrogen-bond donors (Lipinski definition) is 1. The molecule has 0 bridgehead atoms. The van der Waals surface area contributed by atoms with Crippen LogP contribution >= 0.6 is 0 Å². The van der Waals surface area contributed by atoms with Crippen molar-refractivity contribution in [3.63, 3.8) is 0 Å². The maximum Gasteiger partial charge on any atom is 0.263 e. The standard InChI is InChI=1S/C21H23FN2O5/c1-3-24(21(26)14(2)29-17-7-4-15(22)5-8-17)13-20(25)23-16-6-9-18-19(12-16)28-11-10-27-18/h4-9,12,14H,3,10-11,13H2,1-2H3,(H,23,25)/t14-/m1/s1. The van der Waals surface area contributed by atoms with E-state index in [1.54, 1.807) is 32.0 Å². The quantitative estimate of drug-likeness (QED) is 0.771. The second-order valence-corrected chi connectivity index (χ2v) is 6.47. The van der Waals surface area contributed by atoms with Crippen LogP contribution in [0.4, 0.5) is 10.1 Å². The molecule has 7 nitrogen and oxygen atoms in total. The molecule has 1 aliphatic rings. The van der Waals surface area contributed by atoms with Gasteiger partial charge in [0, 0.05) is 18.3 Å². The summed E-state index contributed by atoms with van der Waals surface area (Å²) in [7, 11) is 0. The summed E-state index contributed by atoms with van der Waals surface area (Å²) < 4.78 is 29.5. The molecule has 0 fully saturated rings. The average Bonchev–Trinajstić information content (AvgIpc) is 2.73. The van der Waals surface area contributed by atoms with Gasteiger partial charge in [-0.2, -0.15) is 0 Å². The van der Waals surface area contributed by atoms with Crippen molar-refractivity contribution < 1.29 is 28.2 Å². The molecular formula is C21H23FN2O5. The van der Waals surface area contributed by atoms with Crippen LogP contribution in [0.25, 0.3) is 0 Å². The van der Waals surface area contributed by atoms with Crippen LogP contribution in [0.15, 0.2) is 42.5 Å². The van der Waals surface area contributed by atoms with Gasteiger partial charge in [0.1, 0.15) is 24.8 Å². The number of carbonyl (C=O) groups is 2. The molecule has 8 heteroatoms. The van der Waals surface area contributed by atoms with Gasteiger partial charge in [0.2, 0.25) is 5.91 Å². The van der Waals surface area contributed by atoms with Gasteiger partial charge in [-0.3, -0.25) is 9.59 Å². The Labute approximate surface area is 168 Å². The molecule has 154 valence electrons. The molecule has 1 aliphatic heterocycles. The summed E-state index contributed by atoms with van der Waals surface area (Å²) >= 11 is 0. The first-order chi connectivity index (χ1) is 14.0. The zero-order valence-corrected chi connectivity index (χ0v) is 16.3. The van der Waals surface area contributed by atoms with Crippen LogP contribution in [0, 0.1) is 5.82 Å². The van der Waals surface area contributed by atoms with Gasteiger partial charge in [-0.15, -0.1) is 0 Å². The highest BCUT2D eigenvalue weighted by Crippen LogP contribution is 2.32. The van der Waals surface area contributed by atoms with Crippen molar-refractivity contribution in [1.82, 2.24) is 4.90 Å². The molecule has 1 heterocycles. The molecule has 1 atom stereocenters. The number of ether oxygens (including phenoxy) is 3. The Morgan fingerprint density at radius 3 is 2.52 bits per heavy atom. The number of hydrogen-bond acceptors (Lipinski definition) is 5. The van der Waals surface area contributed by atoms with Gasteiger partial charge in [0.25, 0.3) is 5.91 Å². The predicted octanol–water partition coefficient (Wildman–Crippen LogP) is 2.85. The lowest BCUT2D eigenvalue weighted by Gasteiger charge is -2.24. The molecule has 0 saturated heterocycles. The fraction of sp³-hybridized carbons (Fsp3) is 0.333. The third-order valence-electron chi connectivity index (χ3n) is 4.33. The van der Waals surface area contributed by atoms with E-state index in [9.17, 15) is 14.0 Å². The fourth-order valence-electron chi connectivity index (χ4n) is 2.87. The number of halogens is 1. The summed E-state index contributed by atoms with van der Waals surface area (Å²) in [6.45, 7) is 4.53. The van der Waals surface area contributed by atoms with Gasteiger partial charge in [-0.1, -0.05) is 0 Å². The van der Waals surface area contributed by atoms with E-state index < -0.39 is 6.10 Å². The first-order valence-electron chi connectivity index (χ1n) is 9.36. The van der Waals surface area contributed by atoms with Crippen LogP contribution in [0.3, 0.4) is 0 Å². The Balaban J connectivity index is 1.57. The second-order valence-electron chi connectivity index (χ2n) is 6.47. The molecule has 29 heavy (non-hydrogen) atoms. The monoisotopic (exact) mass is 402 g/mol. The molecule has 0 spiro atoms. The SMILES string of the molecule is CCN(CC(=O)Nc1ccc2c(c1)OCCO2)C(=O)[C@@H](C)Oc1ccc(F)cc1. The minimum absolute atomic E-state index is 0.124. The number of likely N-dealkylation sites (N-methyl/N-ethyl adjacent to an activating group) is 1. The number of rotatable bonds is 7. The number of carbonyl (C=O) groups excluding carboxylic acids is 2. The molecule has 0 aromatic heterocycles. The Bertz CT molecular complexity index is 872. The molecule has 0 aliphatic carbocycles. The van der Waals surface area contributed by atoms with E-state index in [2.05, 4.69) is 5.32 Å². The lowest BCUT2D eigenvalue weighted by Crippen LogP contribution is -2.44. The maximum absolute atomic E-state index is 13.0. The van der Waals surface area contributed by atoms with E-state index in [4.69, 9.17) is 14.2 Å². The highest BCUT2D eigenvalue weighted by atomic mass is 19.1. The third kappa shape index (κ3) is 5.37. The largest absolute Gasteiger partial charge is 0.486 e. The highest BCUT2D eigenvalue weighted by molar-refractivity contribution is 5.95. The van der Waals surface area contributed by atoms with Gasteiger partial charge < -0.3 is 24.4 Å². The average molecular weight is 402 g/mol. The van der Waals surface area contributed by atoms with Crippen molar-refractivity contribution in [1.29, 1.82) is 0 Å². The van der Waals surface area contributed by atoms with Crippen LogP contribution < -0.4 is 19.5 Å². The molecule has 0 unspecified atom stereocenters. The van der Waals surface area contributed by atoms with Crippen molar-refractivity contribution in [2.45, 2.75) is 20.0 Å². The third-order valence-corrected chi connectivity index (χ3v) is 4.33. The van der Waals surface area contributed by atoms with Crippen molar-refractivity contribution >= 4 is 17.5 Å². The summed E-state index contributed by atoms with van der Waals surface area (Å²) in [5.41, 5.74) is 0.554. The number of amides is 2. The van der Waals surface area contributed by atoms with E-state index in [0.29, 0.717) is 42.7 Å². The van der Waals surface area contributed by atoms with Gasteiger partial charge >= 0.3 is 0 Å². The molecule has 2 amide bonds. The minimum atomic E-state index is -0.817. The number of anilines is 1. The van der Waals surface area contributed by atoms with Gasteiger partial charge in [0.15, 0.2) is 17.6 Å². The Morgan fingerprint density at radius 2 is 1.83 bits per heavy atom. The van der Waals surface area contributed by atoms with Crippen molar-refractivity contribution in [2.75, 3.05) is 31.6 Å². The van der Waals surface area contributed by atoms with Gasteiger partial charge in [-0.25, -0.2) is 4.39 Å². The van der Waals surface area contributed by atoms with Crippen LogP contribution in [0.1, 0.15) is 13.8 Å². The molecule has 2 aromatic carbocycles. The first-order valence-corrected chi connectivity index (χ1v) is 9.36. The number of fused-ring (bicyclic) bond motifs is 1. The van der Waals surface area contributed by atoms with Gasteiger partial charge in [-0.05, 0) is 50.2 Å². The smallest absolute Gasteiger partial charge is 0.263 e. The van der Waals surface area contributed by atoms with Gasteiger partial charge in [0.05, 0.1) is 6.54 Å². The Morgan fingerprint density at radius 1 is 1.14 bits per heavy atom. The zero-order valence-electron chi connectivity index (χ0n) is 16.3. The molecule has 2 aromatic rings. The van der Waals surface area contributed by atoms with E-state index >= 15 is 0 Å². The summed E-state index contributed by atoms with van der Waals surface area (Å²) in [5.74, 6) is 0.511. The predicted molar refractivity (Wildman–Crippen MR) is 105 cm³/mol. The summed E-state index contributed by atoms with van der Waals surface area (Å²) in [6.07, 6.45) is -0.817. The number of benzene rings is 2. The number of nitrogens with zero attached hydrogens (tertiary/aromatic N) is 1. The van der Waals surface area contributed by atoms with Crippen LogP contribution in [0.2, 0.25) is 0 Å². The van der Waals surface area contributed by atoms with Crippen LogP contribution in [-0.2, 0) is 9.59 Å². The molecule has 1 N–H and O–H groups in total. The summed E-state index contributed by atoms with van der Waals surface area (Å²) in [6, 6.07) is 10.5. The zero-order chi connectivity index (χ0) is 20.8. The minimum Gasteiger partial charge on any atom is -0.486 e. The topological polar surface area (TPSA) is 77.1 Å². The second kappa shape index (κ2) is 9.27. The molecular weight excluding hydrogens is 379 g/mol. The normalized spacial score (nSPS) is 13.3. The van der Waals surface area contributed by atoms with E-state index in [1.165, 1.54) is 29.2 Å².